The number of rotatable bonds is 3. The van der Waals surface area contributed by atoms with Crippen molar-refractivity contribution in [2.45, 2.75) is 52.9 Å². The summed E-state index contributed by atoms with van der Waals surface area (Å²) in [5, 5.41) is 0. The summed E-state index contributed by atoms with van der Waals surface area (Å²) in [5.41, 5.74) is 2.01. The molecule has 0 unspecified atom stereocenters. The molecule has 2 fully saturated rings. The average Bonchev–Trinajstić information content (AvgIpc) is 2.97. The van der Waals surface area contributed by atoms with Gasteiger partial charge in [-0.05, 0) is 67.4 Å². The molecule has 0 aromatic heterocycles. The lowest BCUT2D eigenvalue weighted by molar-refractivity contribution is -0.145. The molecule has 0 aliphatic heterocycles. The Balaban J connectivity index is 1.57. The van der Waals surface area contributed by atoms with Crippen LogP contribution < -0.4 is 0 Å². The third-order valence-corrected chi connectivity index (χ3v) is 7.84. The zero-order valence-electron chi connectivity index (χ0n) is 16.4. The molecule has 0 N–H and O–H groups in total. The highest BCUT2D eigenvalue weighted by Gasteiger charge is 2.57. The number of ketones is 2. The van der Waals surface area contributed by atoms with E-state index < -0.39 is 5.97 Å². The van der Waals surface area contributed by atoms with Crippen molar-refractivity contribution < 1.29 is 19.1 Å². The van der Waals surface area contributed by atoms with Crippen LogP contribution in [0.15, 0.2) is 35.5 Å². The fraction of sp³-hybridized carbons (Fsp3) is 0.609. The topological polar surface area (TPSA) is 60.4 Å². The molecule has 0 saturated heterocycles. The quantitative estimate of drug-likeness (QED) is 0.708. The van der Waals surface area contributed by atoms with E-state index in [1.165, 1.54) is 12.5 Å². The highest BCUT2D eigenvalue weighted by molar-refractivity contribution is 6.01. The smallest absolute Gasteiger partial charge is 0.303 e. The van der Waals surface area contributed by atoms with E-state index in [4.69, 9.17) is 4.74 Å². The van der Waals surface area contributed by atoms with Crippen LogP contribution in [-0.2, 0) is 19.1 Å². The molecule has 0 amide bonds. The number of allylic oxidation sites excluding steroid dienone is 5. The molecule has 0 spiro atoms. The fourth-order valence-corrected chi connectivity index (χ4v) is 6.44. The summed E-state index contributed by atoms with van der Waals surface area (Å²) < 4.78 is 4.97. The Hall–Kier alpha value is -1.97. The van der Waals surface area contributed by atoms with Crippen LogP contribution in [0.5, 0.6) is 0 Å². The zero-order chi connectivity index (χ0) is 19.4. The normalized spacial score (nSPS) is 39.7. The summed E-state index contributed by atoms with van der Waals surface area (Å²) >= 11 is 0. The van der Waals surface area contributed by atoms with Gasteiger partial charge in [-0.1, -0.05) is 31.6 Å². The van der Waals surface area contributed by atoms with Gasteiger partial charge in [-0.3, -0.25) is 14.4 Å². The van der Waals surface area contributed by atoms with Crippen LogP contribution in [0.1, 0.15) is 52.9 Å². The first kappa shape index (κ1) is 18.4. The van der Waals surface area contributed by atoms with E-state index in [0.717, 1.165) is 37.7 Å². The lowest BCUT2D eigenvalue weighted by Gasteiger charge is -2.56. The van der Waals surface area contributed by atoms with Gasteiger partial charge >= 0.3 is 5.97 Å². The van der Waals surface area contributed by atoms with E-state index in [2.05, 4.69) is 26.0 Å². The summed E-state index contributed by atoms with van der Waals surface area (Å²) in [6, 6.07) is 0. The number of Topliss-reactive ketones (excluding diaryl/α,β-unsaturated/α-hetero) is 1. The van der Waals surface area contributed by atoms with Gasteiger partial charge in [0.15, 0.2) is 18.2 Å². The largest absolute Gasteiger partial charge is 0.457 e. The molecule has 4 aliphatic rings. The second-order valence-corrected chi connectivity index (χ2v) is 9.12. The summed E-state index contributed by atoms with van der Waals surface area (Å²) in [5.74, 6) is 1.19. The van der Waals surface area contributed by atoms with E-state index in [1.807, 2.05) is 6.08 Å². The highest BCUT2D eigenvalue weighted by Crippen LogP contribution is 2.64. The first-order chi connectivity index (χ1) is 12.8. The van der Waals surface area contributed by atoms with Crippen LogP contribution in [0.4, 0.5) is 0 Å². The Morgan fingerprint density at radius 3 is 2.74 bits per heavy atom. The van der Waals surface area contributed by atoms with Gasteiger partial charge in [-0.2, -0.15) is 0 Å². The summed E-state index contributed by atoms with van der Waals surface area (Å²) in [6.45, 7) is 5.71. The van der Waals surface area contributed by atoms with Gasteiger partial charge in [0.05, 0.1) is 0 Å². The molecule has 4 nitrogen and oxygen atoms in total. The number of hydrogen-bond donors (Lipinski definition) is 0. The van der Waals surface area contributed by atoms with Crippen molar-refractivity contribution in [3.8, 4) is 0 Å². The predicted molar refractivity (Wildman–Crippen MR) is 102 cm³/mol. The van der Waals surface area contributed by atoms with Crippen LogP contribution in [-0.4, -0.2) is 24.1 Å². The summed E-state index contributed by atoms with van der Waals surface area (Å²) in [4.78, 5) is 35.6. The Kier molecular flexibility index (Phi) is 4.28. The molecular formula is C23H28O4. The first-order valence-electron chi connectivity index (χ1n) is 10.1. The van der Waals surface area contributed by atoms with E-state index in [1.54, 1.807) is 6.08 Å². The molecule has 27 heavy (non-hydrogen) atoms. The van der Waals surface area contributed by atoms with Crippen LogP contribution in [0.2, 0.25) is 0 Å². The van der Waals surface area contributed by atoms with Gasteiger partial charge < -0.3 is 4.74 Å². The minimum atomic E-state index is -0.412. The third kappa shape index (κ3) is 2.76. The van der Waals surface area contributed by atoms with Crippen molar-refractivity contribution in [1.29, 1.82) is 0 Å². The molecule has 5 atom stereocenters. The molecule has 4 rings (SSSR count). The van der Waals surface area contributed by atoms with Crippen molar-refractivity contribution in [2.24, 2.45) is 28.6 Å². The van der Waals surface area contributed by atoms with Crippen molar-refractivity contribution in [3.05, 3.63) is 35.5 Å². The van der Waals surface area contributed by atoms with Gasteiger partial charge in [-0.25, -0.2) is 0 Å². The first-order valence-corrected chi connectivity index (χ1v) is 10.1. The van der Waals surface area contributed by atoms with E-state index in [-0.39, 0.29) is 29.0 Å². The van der Waals surface area contributed by atoms with Gasteiger partial charge in [0.1, 0.15) is 0 Å². The number of carbonyl (C=O) groups excluding carboxylic acids is 3. The lowest BCUT2D eigenvalue weighted by atomic mass is 9.47. The molecule has 0 aromatic carbocycles. The van der Waals surface area contributed by atoms with E-state index >= 15 is 0 Å². The van der Waals surface area contributed by atoms with Crippen LogP contribution >= 0.6 is 0 Å². The van der Waals surface area contributed by atoms with Gasteiger partial charge in [-0.15, -0.1) is 0 Å². The predicted octanol–water partition coefficient (Wildman–Crippen LogP) is 3.96. The van der Waals surface area contributed by atoms with Crippen molar-refractivity contribution in [2.75, 3.05) is 6.61 Å². The van der Waals surface area contributed by atoms with Crippen LogP contribution in [0, 0.1) is 28.6 Å². The third-order valence-electron chi connectivity index (χ3n) is 7.84. The Morgan fingerprint density at radius 2 is 2.00 bits per heavy atom. The molecule has 0 heterocycles. The maximum absolute atomic E-state index is 12.7. The van der Waals surface area contributed by atoms with E-state index in [0.29, 0.717) is 17.8 Å². The maximum Gasteiger partial charge on any atom is 0.303 e. The minimum Gasteiger partial charge on any atom is -0.457 e. The fourth-order valence-electron chi connectivity index (χ4n) is 6.44. The van der Waals surface area contributed by atoms with Crippen LogP contribution in [0.3, 0.4) is 0 Å². The second-order valence-electron chi connectivity index (χ2n) is 9.12. The van der Waals surface area contributed by atoms with Gasteiger partial charge in [0, 0.05) is 17.9 Å². The van der Waals surface area contributed by atoms with Gasteiger partial charge in [0.2, 0.25) is 0 Å². The minimum absolute atomic E-state index is 0.0251. The van der Waals surface area contributed by atoms with Crippen molar-refractivity contribution in [1.82, 2.24) is 0 Å². The number of hydrogen-bond acceptors (Lipinski definition) is 4. The molecule has 4 heteroatoms. The Labute approximate surface area is 160 Å². The number of esters is 1. The molecular weight excluding hydrogens is 340 g/mol. The van der Waals surface area contributed by atoms with Gasteiger partial charge in [0.25, 0.3) is 0 Å². The zero-order valence-corrected chi connectivity index (χ0v) is 16.4. The molecule has 0 bridgehead atoms. The lowest BCUT2D eigenvalue weighted by Crippen LogP contribution is -2.49. The van der Waals surface area contributed by atoms with Crippen LogP contribution in [0.25, 0.3) is 0 Å². The van der Waals surface area contributed by atoms with E-state index in [9.17, 15) is 14.4 Å². The summed E-state index contributed by atoms with van der Waals surface area (Å²) in [7, 11) is 0. The Morgan fingerprint density at radius 1 is 1.22 bits per heavy atom. The monoisotopic (exact) mass is 368 g/mol. The number of carbonyl (C=O) groups is 3. The highest BCUT2D eigenvalue weighted by atomic mass is 16.5. The number of ether oxygens (including phenoxy) is 1. The standard InChI is InChI=1S/C23H28O4/c1-14(24)27-13-21(26)20-7-6-18-17-5-4-15-12-16(25)8-10-22(15,2)19(17)9-11-23(18,20)3/h7-8,10,12,17-19H,4-6,9,11,13H2,1-3H3/t17-,18-,19-,22-,23-/m0/s1. The second kappa shape index (κ2) is 6.29. The maximum atomic E-state index is 12.7. The number of fused-ring (bicyclic) bond motifs is 5. The Bertz CT molecular complexity index is 801. The molecule has 4 aliphatic carbocycles. The van der Waals surface area contributed by atoms with Crippen molar-refractivity contribution in [3.63, 3.8) is 0 Å². The molecule has 2 saturated carbocycles. The van der Waals surface area contributed by atoms with Crippen molar-refractivity contribution >= 4 is 17.5 Å². The molecule has 0 radical (unpaired) electrons. The molecule has 0 aromatic rings. The average molecular weight is 368 g/mol. The summed E-state index contributed by atoms with van der Waals surface area (Å²) in [6.07, 6.45) is 12.8. The molecule has 144 valence electrons. The SMILES string of the molecule is CC(=O)OCC(=O)C1=CC[C@H]2[C@@H]3CCC4=CC(=O)C=C[C@]4(C)[C@H]3CC[C@]12C.